The maximum atomic E-state index is 11.9. The average molecular weight is 381 g/mol. The predicted octanol–water partition coefficient (Wildman–Crippen LogP) is 4.02. The minimum absolute atomic E-state index is 0.273. The maximum absolute atomic E-state index is 11.9. The second-order valence-electron chi connectivity index (χ2n) is 6.77. The van der Waals surface area contributed by atoms with Gasteiger partial charge in [0, 0.05) is 17.7 Å². The van der Waals surface area contributed by atoms with E-state index < -0.39 is 6.10 Å². The van der Waals surface area contributed by atoms with Crippen LogP contribution in [0, 0.1) is 0 Å². The standard InChI is InChI=1S/C18H24N2O3S2/c1-12(16(22)20-18(2,3)4)23-15(21)10-7-11-24-17-19-13-8-5-6-9-14(13)25-17/h5-6,8-9,12H,7,10-11H2,1-4H3,(H,20,22)/t12-/m1/s1. The average Bonchev–Trinajstić information content (AvgIpc) is 2.92. The van der Waals surface area contributed by atoms with Crippen LogP contribution in [0.15, 0.2) is 28.6 Å². The van der Waals surface area contributed by atoms with Gasteiger partial charge in [0.15, 0.2) is 10.4 Å². The van der Waals surface area contributed by atoms with E-state index in [0.29, 0.717) is 12.8 Å². The largest absolute Gasteiger partial charge is 0.453 e. The zero-order valence-corrected chi connectivity index (χ0v) is 16.6. The van der Waals surface area contributed by atoms with Crippen molar-refractivity contribution in [3.63, 3.8) is 0 Å². The number of rotatable bonds is 7. The zero-order valence-electron chi connectivity index (χ0n) is 15.0. The summed E-state index contributed by atoms with van der Waals surface area (Å²) < 4.78 is 7.36. The summed E-state index contributed by atoms with van der Waals surface area (Å²) in [5.74, 6) is 0.170. The molecule has 1 N–H and O–H groups in total. The Morgan fingerprint density at radius 1 is 1.32 bits per heavy atom. The highest BCUT2D eigenvalue weighted by atomic mass is 32.2. The Kier molecular flexibility index (Phi) is 6.84. The number of carbonyl (C=O) groups is 2. The van der Waals surface area contributed by atoms with Crippen LogP contribution in [0.2, 0.25) is 0 Å². The summed E-state index contributed by atoms with van der Waals surface area (Å²) in [6.45, 7) is 7.25. The number of hydrogen-bond donors (Lipinski definition) is 1. The lowest BCUT2D eigenvalue weighted by Crippen LogP contribution is -2.46. The van der Waals surface area contributed by atoms with Crippen molar-refractivity contribution < 1.29 is 14.3 Å². The van der Waals surface area contributed by atoms with Crippen molar-refractivity contribution in [1.29, 1.82) is 0 Å². The van der Waals surface area contributed by atoms with E-state index in [4.69, 9.17) is 4.74 Å². The van der Waals surface area contributed by atoms with E-state index in [0.717, 1.165) is 15.6 Å². The molecule has 0 aliphatic heterocycles. The minimum Gasteiger partial charge on any atom is -0.453 e. The Hall–Kier alpha value is -1.60. The summed E-state index contributed by atoms with van der Waals surface area (Å²) in [6, 6.07) is 8.03. The van der Waals surface area contributed by atoms with Gasteiger partial charge in [-0.1, -0.05) is 23.9 Å². The lowest BCUT2D eigenvalue weighted by atomic mass is 10.1. The predicted molar refractivity (Wildman–Crippen MR) is 103 cm³/mol. The molecule has 2 aromatic rings. The molecule has 7 heteroatoms. The molecule has 0 fully saturated rings. The van der Waals surface area contributed by atoms with Crippen LogP contribution in [0.1, 0.15) is 40.5 Å². The number of thioether (sulfide) groups is 1. The van der Waals surface area contributed by atoms with Crippen molar-refractivity contribution in [3.05, 3.63) is 24.3 Å². The molecule has 0 aliphatic rings. The number of para-hydroxylation sites is 1. The highest BCUT2D eigenvalue weighted by Gasteiger charge is 2.22. The fraction of sp³-hybridized carbons (Fsp3) is 0.500. The molecule has 1 atom stereocenters. The SMILES string of the molecule is C[C@@H](OC(=O)CCCSc1nc2ccccc2s1)C(=O)NC(C)(C)C. The van der Waals surface area contributed by atoms with Crippen LogP contribution < -0.4 is 5.32 Å². The van der Waals surface area contributed by atoms with Gasteiger partial charge in [0.25, 0.3) is 5.91 Å². The number of aromatic nitrogens is 1. The molecule has 0 aliphatic carbocycles. The third-order valence-corrected chi connectivity index (χ3v) is 5.47. The van der Waals surface area contributed by atoms with Gasteiger partial charge in [-0.25, -0.2) is 4.98 Å². The smallest absolute Gasteiger partial charge is 0.306 e. The molecule has 0 saturated carbocycles. The number of fused-ring (bicyclic) bond motifs is 1. The number of thiazole rings is 1. The van der Waals surface area contributed by atoms with Crippen molar-refractivity contribution in [2.24, 2.45) is 0 Å². The van der Waals surface area contributed by atoms with Crippen LogP contribution in [0.5, 0.6) is 0 Å². The van der Waals surface area contributed by atoms with Crippen molar-refractivity contribution in [3.8, 4) is 0 Å². The molecule has 136 valence electrons. The van der Waals surface area contributed by atoms with Crippen LogP contribution in [-0.4, -0.2) is 34.3 Å². The molecular weight excluding hydrogens is 356 g/mol. The Morgan fingerprint density at radius 2 is 2.04 bits per heavy atom. The Balaban J connectivity index is 1.69. The number of benzene rings is 1. The second kappa shape index (κ2) is 8.67. The highest BCUT2D eigenvalue weighted by Crippen LogP contribution is 2.29. The first-order valence-corrected chi connectivity index (χ1v) is 10.0. The lowest BCUT2D eigenvalue weighted by Gasteiger charge is -2.23. The summed E-state index contributed by atoms with van der Waals surface area (Å²) in [5, 5.41) is 2.80. The number of hydrogen-bond acceptors (Lipinski definition) is 6. The topological polar surface area (TPSA) is 68.3 Å². The first-order valence-electron chi connectivity index (χ1n) is 8.24. The molecule has 0 unspecified atom stereocenters. The van der Waals surface area contributed by atoms with Gasteiger partial charge in [-0.05, 0) is 46.2 Å². The molecule has 1 amide bonds. The third-order valence-electron chi connectivity index (χ3n) is 3.20. The van der Waals surface area contributed by atoms with E-state index >= 15 is 0 Å². The van der Waals surface area contributed by atoms with E-state index in [9.17, 15) is 9.59 Å². The summed E-state index contributed by atoms with van der Waals surface area (Å²) in [4.78, 5) is 28.3. The molecule has 25 heavy (non-hydrogen) atoms. The number of amides is 1. The maximum Gasteiger partial charge on any atom is 0.306 e. The van der Waals surface area contributed by atoms with Gasteiger partial charge < -0.3 is 10.1 Å². The molecule has 2 rings (SSSR count). The number of nitrogens with zero attached hydrogens (tertiary/aromatic N) is 1. The van der Waals surface area contributed by atoms with Gasteiger partial charge in [0.2, 0.25) is 0 Å². The van der Waals surface area contributed by atoms with E-state index in [1.54, 1.807) is 30.0 Å². The molecule has 5 nitrogen and oxygen atoms in total. The molecule has 0 spiro atoms. The van der Waals surface area contributed by atoms with Gasteiger partial charge in [-0.2, -0.15) is 0 Å². The number of nitrogens with one attached hydrogen (secondary N) is 1. The van der Waals surface area contributed by atoms with Crippen molar-refractivity contribution >= 4 is 45.2 Å². The number of ether oxygens (including phenoxy) is 1. The Morgan fingerprint density at radius 3 is 2.72 bits per heavy atom. The number of esters is 1. The van der Waals surface area contributed by atoms with E-state index in [1.807, 2.05) is 39.0 Å². The van der Waals surface area contributed by atoms with Crippen LogP contribution in [0.3, 0.4) is 0 Å². The highest BCUT2D eigenvalue weighted by molar-refractivity contribution is 8.01. The molecule has 0 bridgehead atoms. The van der Waals surface area contributed by atoms with Gasteiger partial charge in [0.05, 0.1) is 10.2 Å². The monoisotopic (exact) mass is 380 g/mol. The normalized spacial score (nSPS) is 12.8. The zero-order chi connectivity index (χ0) is 18.4. The molecule has 0 saturated heterocycles. The minimum atomic E-state index is -0.774. The van der Waals surface area contributed by atoms with Crippen LogP contribution in [-0.2, 0) is 14.3 Å². The Bertz CT molecular complexity index is 704. The fourth-order valence-corrected chi connectivity index (χ4v) is 4.15. The van der Waals surface area contributed by atoms with E-state index in [1.165, 1.54) is 4.70 Å². The van der Waals surface area contributed by atoms with Gasteiger partial charge >= 0.3 is 5.97 Å². The lowest BCUT2D eigenvalue weighted by molar-refractivity contribution is -0.155. The summed E-state index contributed by atoms with van der Waals surface area (Å²) in [6.07, 6.45) is 0.210. The van der Waals surface area contributed by atoms with Gasteiger partial charge in [0.1, 0.15) is 0 Å². The van der Waals surface area contributed by atoms with Crippen molar-refractivity contribution in [1.82, 2.24) is 10.3 Å². The molecule has 1 heterocycles. The van der Waals surface area contributed by atoms with Crippen LogP contribution in [0.25, 0.3) is 10.2 Å². The van der Waals surface area contributed by atoms with E-state index in [-0.39, 0.29) is 17.4 Å². The first kappa shape index (κ1) is 19.7. The fourth-order valence-electron chi connectivity index (χ4n) is 2.07. The first-order chi connectivity index (χ1) is 11.7. The van der Waals surface area contributed by atoms with Gasteiger partial charge in [-0.3, -0.25) is 9.59 Å². The van der Waals surface area contributed by atoms with Crippen LogP contribution >= 0.6 is 23.1 Å². The van der Waals surface area contributed by atoms with E-state index in [2.05, 4.69) is 16.4 Å². The Labute approximate surface area is 156 Å². The quantitative estimate of drug-likeness (QED) is 0.446. The summed E-state index contributed by atoms with van der Waals surface area (Å²) >= 11 is 3.30. The number of carbonyl (C=O) groups excluding carboxylic acids is 2. The van der Waals surface area contributed by atoms with Crippen LogP contribution in [0.4, 0.5) is 0 Å². The van der Waals surface area contributed by atoms with Crippen molar-refractivity contribution in [2.45, 2.75) is 56.5 Å². The van der Waals surface area contributed by atoms with Gasteiger partial charge in [-0.15, -0.1) is 11.3 Å². The molecule has 1 aromatic heterocycles. The third kappa shape index (κ3) is 6.66. The van der Waals surface area contributed by atoms with Crippen molar-refractivity contribution in [2.75, 3.05) is 5.75 Å². The summed E-state index contributed by atoms with van der Waals surface area (Å²) in [5.41, 5.74) is 0.666. The molecule has 1 aromatic carbocycles. The molecular formula is C18H24N2O3S2. The second-order valence-corrected chi connectivity index (χ2v) is 9.14. The summed E-state index contributed by atoms with van der Waals surface area (Å²) in [7, 11) is 0. The molecule has 0 radical (unpaired) electrons.